The van der Waals surface area contributed by atoms with E-state index in [0.29, 0.717) is 0 Å². The molecule has 1 heterocycles. The topological polar surface area (TPSA) is 16.1 Å². The molecular formula is C15H14N2S. The molecule has 0 aliphatic carbocycles. The summed E-state index contributed by atoms with van der Waals surface area (Å²) >= 11 is 1.68. The second-order valence-corrected chi connectivity index (χ2v) is 5.33. The highest BCUT2D eigenvalue weighted by Gasteiger charge is 2.06. The number of aromatic nitrogens is 1. The SMILES string of the molecule is CN(C)c1ccc(-c2cccc3scnc23)cc1. The number of rotatable bonds is 2. The molecule has 1 aromatic heterocycles. The molecule has 0 atom stereocenters. The molecule has 90 valence electrons. The van der Waals surface area contributed by atoms with Gasteiger partial charge < -0.3 is 4.90 Å². The smallest absolute Gasteiger partial charge is 0.0890 e. The van der Waals surface area contributed by atoms with Crippen molar-refractivity contribution >= 4 is 27.2 Å². The molecular weight excluding hydrogens is 240 g/mol. The van der Waals surface area contributed by atoms with Crippen LogP contribution in [0, 0.1) is 0 Å². The van der Waals surface area contributed by atoms with E-state index >= 15 is 0 Å². The average Bonchev–Trinajstić information content (AvgIpc) is 2.87. The van der Waals surface area contributed by atoms with E-state index in [1.54, 1.807) is 11.3 Å². The van der Waals surface area contributed by atoms with Gasteiger partial charge in [-0.05, 0) is 23.8 Å². The summed E-state index contributed by atoms with van der Waals surface area (Å²) in [5, 5.41) is 0. The third kappa shape index (κ3) is 1.87. The molecule has 3 aromatic rings. The summed E-state index contributed by atoms with van der Waals surface area (Å²) in [6, 6.07) is 14.9. The minimum atomic E-state index is 1.10. The highest BCUT2D eigenvalue weighted by atomic mass is 32.1. The van der Waals surface area contributed by atoms with Gasteiger partial charge in [0.2, 0.25) is 0 Å². The van der Waals surface area contributed by atoms with Gasteiger partial charge in [-0.1, -0.05) is 24.3 Å². The number of nitrogens with zero attached hydrogens (tertiary/aromatic N) is 2. The first-order chi connectivity index (χ1) is 8.75. The zero-order chi connectivity index (χ0) is 12.5. The summed E-state index contributed by atoms with van der Waals surface area (Å²) in [6.45, 7) is 0. The first-order valence-corrected chi connectivity index (χ1v) is 6.73. The Kier molecular flexibility index (Phi) is 2.76. The van der Waals surface area contributed by atoms with Gasteiger partial charge in [0.15, 0.2) is 0 Å². The van der Waals surface area contributed by atoms with Crippen molar-refractivity contribution in [1.29, 1.82) is 0 Å². The first kappa shape index (κ1) is 11.2. The monoisotopic (exact) mass is 254 g/mol. The zero-order valence-corrected chi connectivity index (χ0v) is 11.2. The number of thiazole rings is 1. The lowest BCUT2D eigenvalue weighted by atomic mass is 10.0. The second kappa shape index (κ2) is 4.42. The molecule has 3 rings (SSSR count). The third-order valence-electron chi connectivity index (χ3n) is 3.06. The molecule has 18 heavy (non-hydrogen) atoms. The molecule has 0 radical (unpaired) electrons. The van der Waals surface area contributed by atoms with E-state index < -0.39 is 0 Å². The number of fused-ring (bicyclic) bond motifs is 1. The van der Waals surface area contributed by atoms with Gasteiger partial charge in [-0.2, -0.15) is 0 Å². The van der Waals surface area contributed by atoms with Crippen LogP contribution in [-0.2, 0) is 0 Å². The molecule has 0 N–H and O–H groups in total. The van der Waals surface area contributed by atoms with Gasteiger partial charge in [-0.3, -0.25) is 0 Å². The summed E-state index contributed by atoms with van der Waals surface area (Å²) < 4.78 is 1.24. The van der Waals surface area contributed by atoms with Crippen LogP contribution in [0.15, 0.2) is 48.0 Å². The fraction of sp³-hybridized carbons (Fsp3) is 0.133. The van der Waals surface area contributed by atoms with Crippen molar-refractivity contribution in [3.8, 4) is 11.1 Å². The van der Waals surface area contributed by atoms with Crippen LogP contribution in [-0.4, -0.2) is 19.1 Å². The normalized spacial score (nSPS) is 10.8. The van der Waals surface area contributed by atoms with Crippen LogP contribution in [0.1, 0.15) is 0 Å². The van der Waals surface area contributed by atoms with Crippen molar-refractivity contribution in [3.63, 3.8) is 0 Å². The number of benzene rings is 2. The van der Waals surface area contributed by atoms with Crippen molar-refractivity contribution in [3.05, 3.63) is 48.0 Å². The van der Waals surface area contributed by atoms with E-state index in [-0.39, 0.29) is 0 Å². The Balaban J connectivity index is 2.11. The number of anilines is 1. The third-order valence-corrected chi connectivity index (χ3v) is 3.85. The van der Waals surface area contributed by atoms with Crippen molar-refractivity contribution in [2.45, 2.75) is 0 Å². The van der Waals surface area contributed by atoms with E-state index in [1.807, 2.05) is 5.51 Å². The summed E-state index contributed by atoms with van der Waals surface area (Å²) in [5.74, 6) is 0. The van der Waals surface area contributed by atoms with Gasteiger partial charge in [0.25, 0.3) is 0 Å². The van der Waals surface area contributed by atoms with Crippen LogP contribution in [0.5, 0.6) is 0 Å². The molecule has 0 unspecified atom stereocenters. The first-order valence-electron chi connectivity index (χ1n) is 5.86. The maximum absolute atomic E-state index is 4.46. The molecule has 2 aromatic carbocycles. The maximum atomic E-state index is 4.46. The molecule has 0 aliphatic rings. The van der Waals surface area contributed by atoms with Gasteiger partial charge in [0.1, 0.15) is 0 Å². The van der Waals surface area contributed by atoms with Crippen LogP contribution in [0.3, 0.4) is 0 Å². The minimum Gasteiger partial charge on any atom is -0.378 e. The second-order valence-electron chi connectivity index (χ2n) is 4.45. The standard InChI is InChI=1S/C15H14N2S/c1-17(2)12-8-6-11(7-9-12)13-4-3-5-14-15(13)16-10-18-14/h3-10H,1-2H3. The summed E-state index contributed by atoms with van der Waals surface area (Å²) in [4.78, 5) is 6.57. The highest BCUT2D eigenvalue weighted by Crippen LogP contribution is 2.30. The summed E-state index contributed by atoms with van der Waals surface area (Å²) in [6.07, 6.45) is 0. The van der Waals surface area contributed by atoms with E-state index in [1.165, 1.54) is 21.5 Å². The summed E-state index contributed by atoms with van der Waals surface area (Å²) in [7, 11) is 4.10. The molecule has 0 amide bonds. The lowest BCUT2D eigenvalue weighted by Crippen LogP contribution is -2.07. The highest BCUT2D eigenvalue weighted by molar-refractivity contribution is 7.16. The van der Waals surface area contributed by atoms with Crippen LogP contribution in [0.25, 0.3) is 21.3 Å². The average molecular weight is 254 g/mol. The Bertz CT molecular complexity index is 668. The quantitative estimate of drug-likeness (QED) is 0.686. The van der Waals surface area contributed by atoms with E-state index in [9.17, 15) is 0 Å². The van der Waals surface area contributed by atoms with Gasteiger partial charge >= 0.3 is 0 Å². The lowest BCUT2D eigenvalue weighted by Gasteiger charge is -2.12. The molecule has 0 fully saturated rings. The van der Waals surface area contributed by atoms with E-state index in [0.717, 1.165) is 5.52 Å². The molecule has 0 saturated carbocycles. The van der Waals surface area contributed by atoms with Gasteiger partial charge in [0.05, 0.1) is 15.7 Å². The Morgan fingerprint density at radius 3 is 2.50 bits per heavy atom. The van der Waals surface area contributed by atoms with Crippen LogP contribution in [0.4, 0.5) is 5.69 Å². The zero-order valence-electron chi connectivity index (χ0n) is 10.4. The van der Waals surface area contributed by atoms with E-state index in [4.69, 9.17) is 0 Å². The van der Waals surface area contributed by atoms with Crippen LogP contribution >= 0.6 is 11.3 Å². The molecule has 0 bridgehead atoms. The number of para-hydroxylation sites is 1. The van der Waals surface area contributed by atoms with Crippen molar-refractivity contribution in [2.24, 2.45) is 0 Å². The van der Waals surface area contributed by atoms with Gasteiger partial charge in [0, 0.05) is 25.3 Å². The molecule has 0 spiro atoms. The van der Waals surface area contributed by atoms with Crippen LogP contribution in [0.2, 0.25) is 0 Å². The molecule has 3 heteroatoms. The largest absolute Gasteiger partial charge is 0.378 e. The number of hydrogen-bond acceptors (Lipinski definition) is 3. The molecule has 0 aliphatic heterocycles. The lowest BCUT2D eigenvalue weighted by molar-refractivity contribution is 1.13. The van der Waals surface area contributed by atoms with Crippen LogP contribution < -0.4 is 4.90 Å². The maximum Gasteiger partial charge on any atom is 0.0890 e. The number of hydrogen-bond donors (Lipinski definition) is 0. The Labute approximate surface area is 111 Å². The Morgan fingerprint density at radius 1 is 1.00 bits per heavy atom. The fourth-order valence-electron chi connectivity index (χ4n) is 2.06. The van der Waals surface area contributed by atoms with Crippen molar-refractivity contribution < 1.29 is 0 Å². The van der Waals surface area contributed by atoms with Crippen molar-refractivity contribution in [1.82, 2.24) is 4.98 Å². The minimum absolute atomic E-state index is 1.10. The van der Waals surface area contributed by atoms with E-state index in [2.05, 4.69) is 66.4 Å². The van der Waals surface area contributed by atoms with Gasteiger partial charge in [-0.25, -0.2) is 4.98 Å². The predicted molar refractivity (Wildman–Crippen MR) is 79.4 cm³/mol. The molecule has 2 nitrogen and oxygen atoms in total. The Morgan fingerprint density at radius 2 is 1.78 bits per heavy atom. The van der Waals surface area contributed by atoms with Crippen molar-refractivity contribution in [2.75, 3.05) is 19.0 Å². The predicted octanol–water partition coefficient (Wildman–Crippen LogP) is 4.03. The molecule has 0 saturated heterocycles. The fourth-order valence-corrected chi connectivity index (χ4v) is 2.76. The summed E-state index contributed by atoms with van der Waals surface area (Å²) in [5.41, 5.74) is 6.64. The van der Waals surface area contributed by atoms with Gasteiger partial charge in [-0.15, -0.1) is 11.3 Å². The Hall–Kier alpha value is -1.87.